The fourth-order valence-electron chi connectivity index (χ4n) is 2.60. The molecule has 1 aromatic carbocycles. The van der Waals surface area contributed by atoms with E-state index in [1.165, 1.54) is 32.1 Å². The molecule has 4 nitrogen and oxygen atoms in total. The fourth-order valence-corrected chi connectivity index (χ4v) is 3.10. The standard InChI is InChI=1S/C14H19BrN2O2/c15-14-8-13(17(18)19)7-6-12(14)10-16-9-11-4-2-1-3-5-11/h6-8,11,16H,1-5,9-10H2. The number of nitrogens with zero attached hydrogens (tertiary/aromatic N) is 1. The summed E-state index contributed by atoms with van der Waals surface area (Å²) in [4.78, 5) is 10.3. The first-order valence-corrected chi connectivity index (χ1v) is 7.59. The van der Waals surface area contributed by atoms with Crippen molar-refractivity contribution in [1.82, 2.24) is 5.32 Å². The molecule has 1 aliphatic carbocycles. The van der Waals surface area contributed by atoms with Gasteiger partial charge in [-0.15, -0.1) is 0 Å². The summed E-state index contributed by atoms with van der Waals surface area (Å²) < 4.78 is 0.804. The van der Waals surface area contributed by atoms with Gasteiger partial charge in [0.2, 0.25) is 0 Å². The Morgan fingerprint density at radius 2 is 2.05 bits per heavy atom. The van der Waals surface area contributed by atoms with E-state index in [2.05, 4.69) is 21.2 Å². The quantitative estimate of drug-likeness (QED) is 0.656. The van der Waals surface area contributed by atoms with Crippen molar-refractivity contribution in [3.05, 3.63) is 38.3 Å². The summed E-state index contributed by atoms with van der Waals surface area (Å²) in [5.41, 5.74) is 1.20. The Labute approximate surface area is 121 Å². The van der Waals surface area contributed by atoms with E-state index in [0.717, 1.165) is 29.0 Å². The van der Waals surface area contributed by atoms with Crippen molar-refractivity contribution in [1.29, 1.82) is 0 Å². The van der Waals surface area contributed by atoms with Crippen LogP contribution in [0.25, 0.3) is 0 Å². The van der Waals surface area contributed by atoms with Crippen LogP contribution in [0, 0.1) is 16.0 Å². The highest BCUT2D eigenvalue weighted by Crippen LogP contribution is 2.24. The van der Waals surface area contributed by atoms with Gasteiger partial charge in [-0.2, -0.15) is 0 Å². The molecule has 1 aromatic rings. The number of non-ortho nitro benzene ring substituents is 1. The molecule has 1 N–H and O–H groups in total. The van der Waals surface area contributed by atoms with Gasteiger partial charge in [-0.05, 0) is 36.9 Å². The van der Waals surface area contributed by atoms with Crippen LogP contribution in [0.3, 0.4) is 0 Å². The van der Waals surface area contributed by atoms with E-state index < -0.39 is 0 Å². The zero-order valence-corrected chi connectivity index (χ0v) is 12.5. The van der Waals surface area contributed by atoms with Crippen LogP contribution in [-0.2, 0) is 6.54 Å². The second-order valence-corrected chi connectivity index (χ2v) is 6.02. The molecule has 0 unspecified atom stereocenters. The first-order valence-electron chi connectivity index (χ1n) is 6.80. The first kappa shape index (κ1) is 14.5. The second kappa shape index (κ2) is 7.01. The number of nitro groups is 1. The molecule has 0 atom stereocenters. The molecular formula is C14H19BrN2O2. The monoisotopic (exact) mass is 326 g/mol. The van der Waals surface area contributed by atoms with Crippen LogP contribution in [0.15, 0.2) is 22.7 Å². The fraction of sp³-hybridized carbons (Fsp3) is 0.571. The molecule has 1 saturated carbocycles. The Bertz CT molecular complexity index is 445. The van der Waals surface area contributed by atoms with Crippen molar-refractivity contribution in [2.24, 2.45) is 5.92 Å². The average molecular weight is 327 g/mol. The third-order valence-corrected chi connectivity index (χ3v) is 4.46. The number of benzene rings is 1. The maximum atomic E-state index is 10.7. The van der Waals surface area contributed by atoms with Gasteiger partial charge in [0, 0.05) is 23.2 Å². The van der Waals surface area contributed by atoms with Crippen LogP contribution in [-0.4, -0.2) is 11.5 Å². The van der Waals surface area contributed by atoms with Crippen LogP contribution in [0.5, 0.6) is 0 Å². The Balaban J connectivity index is 1.83. The van der Waals surface area contributed by atoms with E-state index in [1.54, 1.807) is 12.1 Å². The van der Waals surface area contributed by atoms with Crippen LogP contribution in [0.4, 0.5) is 5.69 Å². The van der Waals surface area contributed by atoms with Gasteiger partial charge in [-0.1, -0.05) is 35.2 Å². The van der Waals surface area contributed by atoms with Crippen molar-refractivity contribution >= 4 is 21.6 Å². The largest absolute Gasteiger partial charge is 0.312 e. The average Bonchev–Trinajstić information content (AvgIpc) is 2.41. The maximum absolute atomic E-state index is 10.7. The minimum atomic E-state index is -0.371. The molecule has 19 heavy (non-hydrogen) atoms. The van der Waals surface area contributed by atoms with Gasteiger partial charge < -0.3 is 5.32 Å². The Hall–Kier alpha value is -0.940. The normalized spacial score (nSPS) is 16.5. The summed E-state index contributed by atoms with van der Waals surface area (Å²) in [6.45, 7) is 1.80. The van der Waals surface area contributed by atoms with Crippen LogP contribution in [0.2, 0.25) is 0 Å². The van der Waals surface area contributed by atoms with Gasteiger partial charge in [0.25, 0.3) is 5.69 Å². The highest BCUT2D eigenvalue weighted by atomic mass is 79.9. The van der Waals surface area contributed by atoms with Gasteiger partial charge >= 0.3 is 0 Å². The minimum Gasteiger partial charge on any atom is -0.312 e. The van der Waals surface area contributed by atoms with E-state index in [-0.39, 0.29) is 10.6 Å². The molecule has 1 aliphatic rings. The molecule has 0 bridgehead atoms. The van der Waals surface area contributed by atoms with Crippen molar-refractivity contribution in [2.75, 3.05) is 6.54 Å². The molecule has 0 aromatic heterocycles. The van der Waals surface area contributed by atoms with Crippen molar-refractivity contribution in [2.45, 2.75) is 38.6 Å². The first-order chi connectivity index (χ1) is 9.16. The minimum absolute atomic E-state index is 0.128. The van der Waals surface area contributed by atoms with Gasteiger partial charge in [-0.3, -0.25) is 10.1 Å². The predicted molar refractivity (Wildman–Crippen MR) is 79.1 cm³/mol. The summed E-state index contributed by atoms with van der Waals surface area (Å²) in [7, 11) is 0. The molecular weight excluding hydrogens is 308 g/mol. The molecule has 104 valence electrons. The second-order valence-electron chi connectivity index (χ2n) is 5.17. The number of nitrogens with one attached hydrogen (secondary N) is 1. The zero-order chi connectivity index (χ0) is 13.7. The lowest BCUT2D eigenvalue weighted by Crippen LogP contribution is -2.24. The molecule has 0 heterocycles. The van der Waals surface area contributed by atoms with Gasteiger partial charge in [0.05, 0.1) is 4.92 Å². The van der Waals surface area contributed by atoms with E-state index in [4.69, 9.17) is 0 Å². The Morgan fingerprint density at radius 1 is 1.32 bits per heavy atom. The lowest BCUT2D eigenvalue weighted by molar-refractivity contribution is -0.384. The third-order valence-electron chi connectivity index (χ3n) is 3.72. The van der Waals surface area contributed by atoms with Crippen LogP contribution in [0.1, 0.15) is 37.7 Å². The van der Waals surface area contributed by atoms with Gasteiger partial charge in [0.15, 0.2) is 0 Å². The maximum Gasteiger partial charge on any atom is 0.270 e. The number of hydrogen-bond donors (Lipinski definition) is 1. The molecule has 0 radical (unpaired) electrons. The van der Waals surface area contributed by atoms with E-state index in [0.29, 0.717) is 0 Å². The third kappa shape index (κ3) is 4.28. The highest BCUT2D eigenvalue weighted by Gasteiger charge is 2.13. The number of halogens is 1. The van der Waals surface area contributed by atoms with E-state index in [9.17, 15) is 10.1 Å². The Morgan fingerprint density at radius 3 is 2.68 bits per heavy atom. The molecule has 0 spiro atoms. The number of hydrogen-bond acceptors (Lipinski definition) is 3. The topological polar surface area (TPSA) is 55.2 Å². The van der Waals surface area contributed by atoms with E-state index in [1.807, 2.05) is 6.07 Å². The lowest BCUT2D eigenvalue weighted by Gasteiger charge is -2.21. The molecule has 0 amide bonds. The predicted octanol–water partition coefficient (Wildman–Crippen LogP) is 4.03. The van der Waals surface area contributed by atoms with Crippen molar-refractivity contribution in [3.8, 4) is 0 Å². The lowest BCUT2D eigenvalue weighted by atomic mass is 9.89. The molecule has 0 aliphatic heterocycles. The molecule has 0 saturated heterocycles. The van der Waals surface area contributed by atoms with Gasteiger partial charge in [0.1, 0.15) is 0 Å². The highest BCUT2D eigenvalue weighted by molar-refractivity contribution is 9.10. The summed E-state index contributed by atoms with van der Waals surface area (Å²) in [6, 6.07) is 4.94. The van der Waals surface area contributed by atoms with Crippen LogP contribution < -0.4 is 5.32 Å². The van der Waals surface area contributed by atoms with Gasteiger partial charge in [-0.25, -0.2) is 0 Å². The molecule has 2 rings (SSSR count). The van der Waals surface area contributed by atoms with E-state index >= 15 is 0 Å². The summed E-state index contributed by atoms with van der Waals surface area (Å²) >= 11 is 3.40. The number of nitro benzene ring substituents is 1. The summed E-state index contributed by atoms with van der Waals surface area (Å²) in [5.74, 6) is 0.797. The number of rotatable bonds is 5. The SMILES string of the molecule is O=[N+]([O-])c1ccc(CNCC2CCCCC2)c(Br)c1. The zero-order valence-electron chi connectivity index (χ0n) is 10.9. The van der Waals surface area contributed by atoms with Crippen molar-refractivity contribution in [3.63, 3.8) is 0 Å². The summed E-state index contributed by atoms with van der Waals surface area (Å²) in [5, 5.41) is 14.1. The smallest absolute Gasteiger partial charge is 0.270 e. The summed E-state index contributed by atoms with van der Waals surface area (Å²) in [6.07, 6.45) is 6.74. The van der Waals surface area contributed by atoms with Crippen LogP contribution >= 0.6 is 15.9 Å². The molecule has 1 fully saturated rings. The Kier molecular flexibility index (Phi) is 5.34. The van der Waals surface area contributed by atoms with Crippen molar-refractivity contribution < 1.29 is 4.92 Å². The molecule has 5 heteroatoms.